The van der Waals surface area contributed by atoms with Crippen LogP contribution in [0.3, 0.4) is 0 Å². The molecule has 0 spiro atoms. The van der Waals surface area contributed by atoms with Crippen LogP contribution in [0.2, 0.25) is 5.02 Å². The molecule has 3 aromatic rings. The highest BCUT2D eigenvalue weighted by Crippen LogP contribution is 2.42. The van der Waals surface area contributed by atoms with Gasteiger partial charge in [0.15, 0.2) is 22.1 Å². The Morgan fingerprint density at radius 3 is 2.88 bits per heavy atom. The number of fused-ring (bicyclic) bond motifs is 2. The van der Waals surface area contributed by atoms with Crippen molar-refractivity contribution in [2.75, 3.05) is 43.9 Å². The number of ether oxygens (including phenoxy) is 1. The number of aromatic nitrogens is 4. The first-order valence-corrected chi connectivity index (χ1v) is 12.2. The topological polar surface area (TPSA) is 102 Å². The number of halogens is 1. The molecule has 1 saturated heterocycles. The number of hydrogen-bond acceptors (Lipinski definition) is 8. The number of rotatable bonds is 6. The number of hydrogen-bond donors (Lipinski definition) is 1. The van der Waals surface area contributed by atoms with Gasteiger partial charge in [0.2, 0.25) is 6.41 Å². The fraction of sp³-hybridized carbons (Fsp3) is 0.455. The molecular formula is C22H26ClN7O2S. The molecular weight excluding hydrogens is 462 g/mol. The number of nitrogen functional groups attached to an aromatic ring is 1. The fourth-order valence-corrected chi connectivity index (χ4v) is 5.62. The molecule has 0 saturated carbocycles. The van der Waals surface area contributed by atoms with Crippen molar-refractivity contribution in [2.24, 2.45) is 5.92 Å². The fourth-order valence-electron chi connectivity index (χ4n) is 4.40. The number of nitrogens with two attached hydrogens (primary N) is 1. The quantitative estimate of drug-likeness (QED) is 0.528. The second kappa shape index (κ2) is 9.26. The van der Waals surface area contributed by atoms with E-state index in [2.05, 4.69) is 19.4 Å². The molecule has 0 aliphatic carbocycles. The van der Waals surface area contributed by atoms with Crippen molar-refractivity contribution in [3.63, 3.8) is 0 Å². The maximum Gasteiger partial charge on any atom is 0.209 e. The van der Waals surface area contributed by atoms with Gasteiger partial charge in [0.05, 0.1) is 17.3 Å². The molecule has 33 heavy (non-hydrogen) atoms. The summed E-state index contributed by atoms with van der Waals surface area (Å²) >= 11 is 8.14. The number of amides is 1. The molecule has 5 rings (SSSR count). The van der Waals surface area contributed by atoms with Crippen molar-refractivity contribution in [3.8, 4) is 5.75 Å². The minimum atomic E-state index is 0.362. The second-order valence-corrected chi connectivity index (χ2v) is 9.89. The minimum Gasteiger partial charge on any atom is -0.490 e. The molecule has 0 unspecified atom stereocenters. The molecule has 11 heteroatoms. The van der Waals surface area contributed by atoms with Crippen LogP contribution >= 0.6 is 23.4 Å². The first-order chi connectivity index (χ1) is 16.0. The number of piperidine rings is 1. The summed E-state index contributed by atoms with van der Waals surface area (Å²) in [6.45, 7) is 3.85. The zero-order valence-corrected chi connectivity index (χ0v) is 20.0. The molecule has 1 aromatic carbocycles. The summed E-state index contributed by atoms with van der Waals surface area (Å²) in [6.07, 6.45) is 5.40. The number of carbonyl (C=O) groups excluding carboxylic acids is 1. The highest BCUT2D eigenvalue weighted by molar-refractivity contribution is 7.99. The van der Waals surface area contributed by atoms with Crippen LogP contribution in [-0.4, -0.2) is 64.1 Å². The molecule has 2 aromatic heterocycles. The van der Waals surface area contributed by atoms with E-state index in [1.165, 1.54) is 18.1 Å². The number of nitrogens with zero attached hydrogens (tertiary/aromatic N) is 6. The third-order valence-corrected chi connectivity index (χ3v) is 7.87. The summed E-state index contributed by atoms with van der Waals surface area (Å²) < 4.78 is 7.97. The highest BCUT2D eigenvalue weighted by atomic mass is 35.5. The van der Waals surface area contributed by atoms with Gasteiger partial charge in [-0.15, -0.1) is 0 Å². The average Bonchev–Trinajstić information content (AvgIpc) is 3.17. The van der Waals surface area contributed by atoms with Crippen molar-refractivity contribution in [1.29, 1.82) is 0 Å². The predicted molar refractivity (Wildman–Crippen MR) is 129 cm³/mol. The smallest absolute Gasteiger partial charge is 0.209 e. The van der Waals surface area contributed by atoms with Gasteiger partial charge in [0, 0.05) is 31.6 Å². The Labute approximate surface area is 201 Å². The maximum absolute atomic E-state index is 11.0. The monoisotopic (exact) mass is 487 g/mol. The first kappa shape index (κ1) is 22.1. The molecule has 1 fully saturated rings. The van der Waals surface area contributed by atoms with Crippen molar-refractivity contribution in [3.05, 3.63) is 23.5 Å². The van der Waals surface area contributed by atoms with E-state index in [1.54, 1.807) is 0 Å². The van der Waals surface area contributed by atoms with Gasteiger partial charge in [0.1, 0.15) is 18.7 Å². The van der Waals surface area contributed by atoms with Crippen LogP contribution < -0.4 is 15.4 Å². The normalized spacial score (nSPS) is 16.7. The zero-order valence-electron chi connectivity index (χ0n) is 18.4. The standard InChI is InChI=1S/C22H26ClN7O2S/c1-28-8-9-32-17-11-18(15(23)10-16(17)28)33-22-27-19-20(24)25-12-26-21(19)30(22)7-4-14-2-5-29(13-31)6-3-14/h10-14H,2-9H2,1H3,(H2,24,25,26). The lowest BCUT2D eigenvalue weighted by atomic mass is 9.94. The molecule has 2 aliphatic heterocycles. The predicted octanol–water partition coefficient (Wildman–Crippen LogP) is 3.30. The van der Waals surface area contributed by atoms with Gasteiger partial charge in [-0.05, 0) is 49.1 Å². The van der Waals surface area contributed by atoms with Gasteiger partial charge in [0.25, 0.3) is 0 Å². The Hall–Kier alpha value is -2.72. The van der Waals surface area contributed by atoms with Crippen LogP contribution in [0.15, 0.2) is 28.5 Å². The Bertz CT molecular complexity index is 1180. The van der Waals surface area contributed by atoms with Gasteiger partial charge >= 0.3 is 0 Å². The number of likely N-dealkylation sites (N-methyl/N-ethyl adjacent to an activating group) is 1. The number of benzene rings is 1. The number of aryl methyl sites for hydroxylation is 1. The SMILES string of the molecule is CN1CCOc2cc(Sc3nc4c(N)ncnc4n3CCC3CCN(C=O)CC3)c(Cl)cc21. The molecule has 2 N–H and O–H groups in total. The maximum atomic E-state index is 11.0. The summed E-state index contributed by atoms with van der Waals surface area (Å²) in [7, 11) is 2.03. The molecule has 2 aliphatic rings. The van der Waals surface area contributed by atoms with Crippen molar-refractivity contribution < 1.29 is 9.53 Å². The van der Waals surface area contributed by atoms with Crippen molar-refractivity contribution >= 4 is 52.4 Å². The van der Waals surface area contributed by atoms with E-state index in [0.29, 0.717) is 28.9 Å². The van der Waals surface area contributed by atoms with E-state index in [9.17, 15) is 4.79 Å². The van der Waals surface area contributed by atoms with E-state index >= 15 is 0 Å². The third kappa shape index (κ3) is 4.41. The molecule has 9 nitrogen and oxygen atoms in total. The van der Waals surface area contributed by atoms with Gasteiger partial charge in [-0.25, -0.2) is 15.0 Å². The van der Waals surface area contributed by atoms with E-state index in [0.717, 1.165) is 79.0 Å². The summed E-state index contributed by atoms with van der Waals surface area (Å²) in [4.78, 5) is 29.2. The summed E-state index contributed by atoms with van der Waals surface area (Å²) in [5, 5.41) is 1.42. The Morgan fingerprint density at radius 1 is 1.27 bits per heavy atom. The van der Waals surface area contributed by atoms with E-state index < -0.39 is 0 Å². The van der Waals surface area contributed by atoms with Crippen LogP contribution in [0.4, 0.5) is 11.5 Å². The van der Waals surface area contributed by atoms with Gasteiger partial charge in [-0.2, -0.15) is 0 Å². The van der Waals surface area contributed by atoms with E-state index in [-0.39, 0.29) is 0 Å². The van der Waals surface area contributed by atoms with Gasteiger partial charge in [-0.1, -0.05) is 11.6 Å². The molecule has 0 radical (unpaired) electrons. The number of likely N-dealkylation sites (tertiary alicyclic amines) is 1. The lowest BCUT2D eigenvalue weighted by molar-refractivity contribution is -0.119. The first-order valence-electron chi connectivity index (χ1n) is 11.0. The Kier molecular flexibility index (Phi) is 6.20. The highest BCUT2D eigenvalue weighted by Gasteiger charge is 2.23. The van der Waals surface area contributed by atoms with Crippen LogP contribution in [0.25, 0.3) is 11.2 Å². The van der Waals surface area contributed by atoms with Gasteiger partial charge in [-0.3, -0.25) is 4.79 Å². The van der Waals surface area contributed by atoms with Crippen molar-refractivity contribution in [1.82, 2.24) is 24.4 Å². The van der Waals surface area contributed by atoms with Crippen molar-refractivity contribution in [2.45, 2.75) is 35.9 Å². The molecule has 1 amide bonds. The van der Waals surface area contributed by atoms with Crippen LogP contribution in [-0.2, 0) is 11.3 Å². The number of carbonyl (C=O) groups is 1. The largest absolute Gasteiger partial charge is 0.490 e. The Balaban J connectivity index is 1.43. The van der Waals surface area contributed by atoms with Gasteiger partial charge < -0.3 is 24.8 Å². The summed E-state index contributed by atoms with van der Waals surface area (Å²) in [5.41, 5.74) is 8.42. The molecule has 4 heterocycles. The summed E-state index contributed by atoms with van der Waals surface area (Å²) in [5.74, 6) is 1.73. The molecule has 174 valence electrons. The van der Waals surface area contributed by atoms with E-state index in [4.69, 9.17) is 27.1 Å². The number of anilines is 2. The number of imidazole rings is 1. The van der Waals surface area contributed by atoms with E-state index in [1.807, 2.05) is 24.1 Å². The molecule has 0 atom stereocenters. The Morgan fingerprint density at radius 2 is 2.09 bits per heavy atom. The average molecular weight is 488 g/mol. The van der Waals surface area contributed by atoms with Crippen LogP contribution in [0.5, 0.6) is 5.75 Å². The molecule has 0 bridgehead atoms. The van der Waals surface area contributed by atoms with Crippen LogP contribution in [0.1, 0.15) is 19.3 Å². The lowest BCUT2D eigenvalue weighted by Gasteiger charge is -2.29. The minimum absolute atomic E-state index is 0.362. The van der Waals surface area contributed by atoms with Crippen LogP contribution in [0, 0.1) is 5.92 Å². The zero-order chi connectivity index (χ0) is 22.9. The lowest BCUT2D eigenvalue weighted by Crippen LogP contribution is -2.32. The second-order valence-electron chi connectivity index (χ2n) is 8.47. The summed E-state index contributed by atoms with van der Waals surface area (Å²) in [6, 6.07) is 3.92. The third-order valence-electron chi connectivity index (χ3n) is 6.39.